The summed E-state index contributed by atoms with van der Waals surface area (Å²) in [5, 5.41) is 15.7. The Bertz CT molecular complexity index is 2920. The van der Waals surface area contributed by atoms with Crippen molar-refractivity contribution < 1.29 is 85.8 Å². The maximum atomic E-state index is 12.3. The third-order valence-electron chi connectivity index (χ3n) is 10.5. The van der Waals surface area contributed by atoms with Crippen LogP contribution in [0.1, 0.15) is 76.0 Å². The predicted molar refractivity (Wildman–Crippen MR) is 298 cm³/mol. The normalized spacial score (nSPS) is 10.2. The molecule has 0 aliphatic rings. The highest BCUT2D eigenvalue weighted by molar-refractivity contribution is 6.02. The maximum Gasteiger partial charge on any atom is 0.338 e. The van der Waals surface area contributed by atoms with E-state index in [2.05, 4.69) is 31.9 Å². The molecule has 6 rings (SSSR count). The first-order chi connectivity index (χ1) is 39.5. The lowest BCUT2D eigenvalue weighted by Gasteiger charge is -2.10. The Morgan fingerprint density at radius 3 is 0.573 bits per heavy atom. The molecular weight excluding hydrogens is 1070 g/mol. The van der Waals surface area contributed by atoms with Gasteiger partial charge in [0.05, 0.1) is 46.6 Å². The van der Waals surface area contributed by atoms with E-state index in [0.29, 0.717) is 58.5 Å². The van der Waals surface area contributed by atoms with Crippen LogP contribution in [-0.4, -0.2) is 127 Å². The van der Waals surface area contributed by atoms with E-state index in [1.165, 1.54) is 125 Å². The molecule has 0 aromatic heterocycles. The number of urea groups is 2. The summed E-state index contributed by atoms with van der Waals surface area (Å²) >= 11 is 0. The highest BCUT2D eigenvalue weighted by Crippen LogP contribution is 2.17. The Hall–Kier alpha value is -10.5. The smallest absolute Gasteiger partial charge is 0.338 e. The predicted octanol–water partition coefficient (Wildman–Crippen LogP) is 8.21. The van der Waals surface area contributed by atoms with Gasteiger partial charge in [-0.1, -0.05) is 0 Å². The molecule has 0 radical (unpaired) electrons. The number of nitrogens with one attached hydrogen (secondary N) is 6. The molecule has 0 bridgehead atoms. The summed E-state index contributed by atoms with van der Waals surface area (Å²) in [7, 11) is 3.01. The third kappa shape index (κ3) is 22.1. The lowest BCUT2D eigenvalue weighted by molar-refractivity contribution is -0.115. The molecule has 24 nitrogen and oxygen atoms in total. The molecule has 428 valence electrons. The zero-order chi connectivity index (χ0) is 59.2. The number of methoxy groups -OCH3 is 2. The number of rotatable bonds is 24. The van der Waals surface area contributed by atoms with Gasteiger partial charge < -0.3 is 69.8 Å². The standard InChI is InChI=1S/2C29H29N3O9/c2*1-19(33)30-23-9-3-20(4-10-23)27(35)40-17-18-41-28(36)22-7-13-25(14-8-22)32-29(37)31-24-11-5-21(6-12-24)26(34)39-16-15-38-2/h2*3-14H,15-18H2,1-2H3,(H,30,33)(H2,31,32,37). The fourth-order valence-electron chi connectivity index (χ4n) is 6.60. The molecule has 0 heterocycles. The van der Waals surface area contributed by atoms with Crippen molar-refractivity contribution in [3.05, 3.63) is 179 Å². The number of hydrogen-bond donors (Lipinski definition) is 6. The lowest BCUT2D eigenvalue weighted by atomic mass is 10.2. The topological polar surface area (TPSA) is 317 Å². The highest BCUT2D eigenvalue weighted by Gasteiger charge is 2.15. The van der Waals surface area contributed by atoms with E-state index in [-0.39, 0.29) is 73.7 Å². The molecule has 6 N–H and O–H groups in total. The summed E-state index contributed by atoms with van der Waals surface area (Å²) in [6.07, 6.45) is 0. The zero-order valence-corrected chi connectivity index (χ0v) is 44.9. The lowest BCUT2D eigenvalue weighted by Crippen LogP contribution is -2.19. The number of carbonyl (C=O) groups is 10. The Labute approximate surface area is 470 Å². The first-order valence-corrected chi connectivity index (χ1v) is 24.8. The number of benzene rings is 6. The van der Waals surface area contributed by atoms with Crippen LogP contribution >= 0.6 is 0 Å². The number of amides is 6. The van der Waals surface area contributed by atoms with Crippen LogP contribution in [0.25, 0.3) is 0 Å². The van der Waals surface area contributed by atoms with E-state index in [1.54, 1.807) is 48.5 Å². The first-order valence-electron chi connectivity index (χ1n) is 24.8. The Morgan fingerprint density at radius 1 is 0.256 bits per heavy atom. The molecule has 0 saturated heterocycles. The summed E-state index contributed by atoms with van der Waals surface area (Å²) in [5.41, 5.74) is 4.59. The Balaban J connectivity index is 0.000000301. The van der Waals surface area contributed by atoms with Gasteiger partial charge >= 0.3 is 47.9 Å². The molecular formula is C58H58N6O18. The van der Waals surface area contributed by atoms with Crippen LogP contribution < -0.4 is 31.9 Å². The van der Waals surface area contributed by atoms with E-state index in [0.717, 1.165) is 0 Å². The largest absolute Gasteiger partial charge is 0.460 e. The molecule has 0 aliphatic heterocycles. The Kier molecular flexibility index (Phi) is 25.2. The van der Waals surface area contributed by atoms with Crippen molar-refractivity contribution in [2.45, 2.75) is 13.8 Å². The summed E-state index contributed by atoms with van der Waals surface area (Å²) in [5.74, 6) is -3.89. The van der Waals surface area contributed by atoms with Crippen molar-refractivity contribution >= 4 is 93.8 Å². The number of ether oxygens (including phenoxy) is 8. The summed E-state index contributed by atoms with van der Waals surface area (Å²) in [6, 6.07) is 35.7. The van der Waals surface area contributed by atoms with Gasteiger partial charge in [0, 0.05) is 62.2 Å². The van der Waals surface area contributed by atoms with E-state index in [4.69, 9.17) is 37.9 Å². The van der Waals surface area contributed by atoms with Crippen LogP contribution in [0.5, 0.6) is 0 Å². The number of carbonyl (C=O) groups excluding carboxylic acids is 10. The number of esters is 6. The second kappa shape index (κ2) is 33.1. The zero-order valence-electron chi connectivity index (χ0n) is 44.9. The van der Waals surface area contributed by atoms with E-state index in [9.17, 15) is 47.9 Å². The van der Waals surface area contributed by atoms with Crippen LogP contribution in [0.4, 0.5) is 43.7 Å². The number of hydrogen-bond acceptors (Lipinski definition) is 18. The van der Waals surface area contributed by atoms with Gasteiger partial charge in [-0.3, -0.25) is 9.59 Å². The fraction of sp³-hybridized carbons (Fsp3) is 0.207. The molecule has 0 spiro atoms. The van der Waals surface area contributed by atoms with E-state index in [1.807, 2.05) is 0 Å². The van der Waals surface area contributed by atoms with E-state index >= 15 is 0 Å². The van der Waals surface area contributed by atoms with E-state index < -0.39 is 47.9 Å². The van der Waals surface area contributed by atoms with Gasteiger partial charge in [-0.25, -0.2) is 38.4 Å². The summed E-state index contributed by atoms with van der Waals surface area (Å²) in [6.45, 7) is 3.04. The third-order valence-corrected chi connectivity index (χ3v) is 10.5. The highest BCUT2D eigenvalue weighted by atomic mass is 16.6. The van der Waals surface area contributed by atoms with Crippen LogP contribution in [-0.2, 0) is 47.5 Å². The molecule has 0 saturated carbocycles. The van der Waals surface area contributed by atoms with Gasteiger partial charge in [0.1, 0.15) is 39.6 Å². The quantitative estimate of drug-likeness (QED) is 0.0189. The average Bonchev–Trinajstić information content (AvgIpc) is 3.47. The van der Waals surface area contributed by atoms with Gasteiger partial charge in [0.25, 0.3) is 0 Å². The van der Waals surface area contributed by atoms with Crippen LogP contribution in [0.2, 0.25) is 0 Å². The SMILES string of the molecule is COCCOC(=O)c1ccc(NC(=O)Nc2ccc(C(=O)OCCOC(=O)c3ccc(NC(C)=O)cc3)cc2)cc1.COCCOC(=O)c1ccc(NC(=O)Nc2ccc(C(=O)OCCOC(=O)c3ccc(NC(C)=O)cc3)cc2)cc1. The molecule has 0 atom stereocenters. The molecule has 24 heteroatoms. The van der Waals surface area contributed by atoms with Crippen LogP contribution in [0.3, 0.4) is 0 Å². The van der Waals surface area contributed by atoms with Crippen LogP contribution in [0, 0.1) is 0 Å². The summed E-state index contributed by atoms with van der Waals surface area (Å²) < 4.78 is 40.2. The fourth-order valence-corrected chi connectivity index (χ4v) is 6.60. The molecule has 0 fully saturated rings. The van der Waals surface area contributed by atoms with Crippen molar-refractivity contribution in [3.63, 3.8) is 0 Å². The first kappa shape index (κ1) is 62.4. The minimum atomic E-state index is -0.627. The molecule has 6 aromatic carbocycles. The molecule has 0 aliphatic carbocycles. The summed E-state index contributed by atoms with van der Waals surface area (Å²) in [4.78, 5) is 119. The molecule has 6 amide bonds. The second-order valence-corrected chi connectivity index (χ2v) is 16.8. The number of anilines is 6. The minimum absolute atomic E-state index is 0.142. The van der Waals surface area contributed by atoms with Crippen molar-refractivity contribution in [2.75, 3.05) is 99.0 Å². The van der Waals surface area contributed by atoms with Crippen molar-refractivity contribution in [1.29, 1.82) is 0 Å². The molecule has 6 aromatic rings. The van der Waals surface area contributed by atoms with Gasteiger partial charge in [-0.2, -0.15) is 0 Å². The van der Waals surface area contributed by atoms with Crippen molar-refractivity contribution in [3.8, 4) is 0 Å². The minimum Gasteiger partial charge on any atom is -0.460 e. The Morgan fingerprint density at radius 2 is 0.415 bits per heavy atom. The van der Waals surface area contributed by atoms with Crippen molar-refractivity contribution in [1.82, 2.24) is 0 Å². The maximum absolute atomic E-state index is 12.3. The van der Waals surface area contributed by atoms with Gasteiger partial charge in [-0.15, -0.1) is 0 Å². The van der Waals surface area contributed by atoms with Gasteiger partial charge in [0.2, 0.25) is 11.8 Å². The monoisotopic (exact) mass is 1130 g/mol. The molecule has 0 unspecified atom stereocenters. The van der Waals surface area contributed by atoms with Crippen molar-refractivity contribution in [2.24, 2.45) is 0 Å². The average molecular weight is 1130 g/mol. The second-order valence-electron chi connectivity index (χ2n) is 16.8. The van der Waals surface area contributed by atoms with Gasteiger partial charge in [0.15, 0.2) is 0 Å². The van der Waals surface area contributed by atoms with Crippen LogP contribution in [0.15, 0.2) is 146 Å². The van der Waals surface area contributed by atoms with Gasteiger partial charge in [-0.05, 0) is 146 Å². The molecule has 82 heavy (non-hydrogen) atoms.